The normalized spacial score (nSPS) is 14.3. The maximum absolute atomic E-state index is 12.5. The van der Waals surface area contributed by atoms with E-state index in [-0.39, 0.29) is 11.8 Å². The Bertz CT molecular complexity index is 915. The van der Waals surface area contributed by atoms with E-state index in [9.17, 15) is 9.59 Å². The molecule has 7 nitrogen and oxygen atoms in total. The van der Waals surface area contributed by atoms with Crippen molar-refractivity contribution in [3.63, 3.8) is 0 Å². The molecule has 0 saturated carbocycles. The second-order valence-electron chi connectivity index (χ2n) is 7.17. The molecule has 30 heavy (non-hydrogen) atoms. The van der Waals surface area contributed by atoms with E-state index in [0.29, 0.717) is 42.7 Å². The third kappa shape index (κ3) is 5.49. The Hall–Kier alpha value is -2.64. The molecule has 2 heterocycles. The molecule has 1 aliphatic heterocycles. The first-order chi connectivity index (χ1) is 14.5. The van der Waals surface area contributed by atoms with E-state index in [2.05, 4.69) is 17.3 Å². The number of hydrogen-bond acceptors (Lipinski definition) is 4. The Balaban J connectivity index is 1.60. The number of aromatic nitrogens is 2. The lowest BCUT2D eigenvalue weighted by atomic mass is 10.1. The van der Waals surface area contributed by atoms with Crippen LogP contribution < -0.4 is 5.32 Å². The molecule has 3 rings (SSSR count). The lowest BCUT2D eigenvalue weighted by Crippen LogP contribution is -2.40. The standard InChI is InChI=1S/C22H27ClN4O3/c1-3-4-11-27-21(23)19(16(2)25-27)9-10-20(28)24-18-7-5-17(6-8-18)22(29)26-12-14-30-15-13-26/h5-10H,3-4,11-15H2,1-2H3,(H,24,28)/b10-9+. The molecule has 1 fully saturated rings. The van der Waals surface area contributed by atoms with Crippen molar-refractivity contribution < 1.29 is 14.3 Å². The molecule has 2 amide bonds. The third-order valence-corrected chi connectivity index (χ3v) is 5.33. The fourth-order valence-corrected chi connectivity index (χ4v) is 3.52. The van der Waals surface area contributed by atoms with Crippen LogP contribution in [-0.4, -0.2) is 52.8 Å². The number of hydrogen-bond donors (Lipinski definition) is 1. The molecule has 1 aromatic carbocycles. The van der Waals surface area contributed by atoms with Crippen LogP contribution in [0, 0.1) is 6.92 Å². The maximum Gasteiger partial charge on any atom is 0.254 e. The molecule has 1 saturated heterocycles. The van der Waals surface area contributed by atoms with Gasteiger partial charge in [-0.3, -0.25) is 14.3 Å². The minimum absolute atomic E-state index is 0.0266. The van der Waals surface area contributed by atoms with Crippen LogP contribution in [0.25, 0.3) is 6.08 Å². The first kappa shape index (κ1) is 22.1. The highest BCUT2D eigenvalue weighted by molar-refractivity contribution is 6.31. The summed E-state index contributed by atoms with van der Waals surface area (Å²) in [6, 6.07) is 6.88. The van der Waals surface area contributed by atoms with Gasteiger partial charge < -0.3 is 15.0 Å². The zero-order chi connectivity index (χ0) is 21.5. The molecule has 0 atom stereocenters. The second-order valence-corrected chi connectivity index (χ2v) is 7.53. The van der Waals surface area contributed by atoms with Crippen LogP contribution in [0.4, 0.5) is 5.69 Å². The number of rotatable bonds is 7. The van der Waals surface area contributed by atoms with Gasteiger partial charge in [-0.25, -0.2) is 0 Å². The van der Waals surface area contributed by atoms with Gasteiger partial charge in [-0.15, -0.1) is 0 Å². The molecule has 2 aromatic rings. The Morgan fingerprint density at radius 1 is 1.23 bits per heavy atom. The first-order valence-corrected chi connectivity index (χ1v) is 10.6. The minimum Gasteiger partial charge on any atom is -0.378 e. The zero-order valence-corrected chi connectivity index (χ0v) is 18.1. The monoisotopic (exact) mass is 430 g/mol. The van der Waals surface area contributed by atoms with Crippen molar-refractivity contribution in [1.29, 1.82) is 0 Å². The topological polar surface area (TPSA) is 76.5 Å². The van der Waals surface area contributed by atoms with Crippen LogP contribution in [-0.2, 0) is 16.1 Å². The Morgan fingerprint density at radius 2 is 1.93 bits per heavy atom. The highest BCUT2D eigenvalue weighted by Gasteiger charge is 2.18. The summed E-state index contributed by atoms with van der Waals surface area (Å²) in [5.41, 5.74) is 2.73. The predicted octanol–water partition coefficient (Wildman–Crippen LogP) is 3.77. The summed E-state index contributed by atoms with van der Waals surface area (Å²) in [6.07, 6.45) is 5.17. The lowest BCUT2D eigenvalue weighted by molar-refractivity contribution is -0.111. The highest BCUT2D eigenvalue weighted by Crippen LogP contribution is 2.22. The molecule has 0 aliphatic carbocycles. The molecule has 0 radical (unpaired) electrons. The van der Waals surface area contributed by atoms with E-state index in [1.807, 2.05) is 6.92 Å². The number of nitrogens with zero attached hydrogens (tertiary/aromatic N) is 3. The second kappa shape index (κ2) is 10.4. The number of carbonyl (C=O) groups is 2. The fourth-order valence-electron chi connectivity index (χ4n) is 3.20. The number of morpholine rings is 1. The molecule has 1 N–H and O–H groups in total. The highest BCUT2D eigenvalue weighted by atomic mass is 35.5. The van der Waals surface area contributed by atoms with Gasteiger partial charge in [0.25, 0.3) is 5.91 Å². The van der Waals surface area contributed by atoms with Crippen LogP contribution in [0.3, 0.4) is 0 Å². The van der Waals surface area contributed by atoms with Crippen LogP contribution >= 0.6 is 11.6 Å². The molecule has 1 aromatic heterocycles. The van der Waals surface area contributed by atoms with Crippen molar-refractivity contribution in [2.24, 2.45) is 0 Å². The van der Waals surface area contributed by atoms with Gasteiger partial charge in [-0.1, -0.05) is 24.9 Å². The van der Waals surface area contributed by atoms with Crippen LogP contribution in [0.1, 0.15) is 41.4 Å². The SMILES string of the molecule is CCCCn1nc(C)c(/C=C/C(=O)Nc2ccc(C(=O)N3CCOCC3)cc2)c1Cl. The average molecular weight is 431 g/mol. The van der Waals surface area contributed by atoms with Gasteiger partial charge in [0.15, 0.2) is 0 Å². The molecule has 8 heteroatoms. The lowest BCUT2D eigenvalue weighted by Gasteiger charge is -2.26. The molecule has 0 unspecified atom stereocenters. The number of carbonyl (C=O) groups excluding carboxylic acids is 2. The smallest absolute Gasteiger partial charge is 0.254 e. The van der Waals surface area contributed by atoms with Crippen molar-refractivity contribution in [1.82, 2.24) is 14.7 Å². The van der Waals surface area contributed by atoms with E-state index < -0.39 is 0 Å². The maximum atomic E-state index is 12.5. The largest absolute Gasteiger partial charge is 0.378 e. The summed E-state index contributed by atoms with van der Waals surface area (Å²) in [7, 11) is 0. The van der Waals surface area contributed by atoms with Gasteiger partial charge in [-0.05, 0) is 43.7 Å². The minimum atomic E-state index is -0.279. The summed E-state index contributed by atoms with van der Waals surface area (Å²) in [6.45, 7) is 7.06. The molecule has 1 aliphatic rings. The van der Waals surface area contributed by atoms with Crippen LogP contribution in [0.2, 0.25) is 5.15 Å². The number of halogens is 1. The number of unbranched alkanes of at least 4 members (excludes halogenated alkanes) is 1. The van der Waals surface area contributed by atoms with Crippen molar-refractivity contribution in [3.8, 4) is 0 Å². The van der Waals surface area contributed by atoms with Crippen molar-refractivity contribution >= 4 is 35.2 Å². The number of nitrogens with one attached hydrogen (secondary N) is 1. The third-order valence-electron chi connectivity index (χ3n) is 4.93. The van der Waals surface area contributed by atoms with Gasteiger partial charge >= 0.3 is 0 Å². The Kier molecular flexibility index (Phi) is 7.65. The number of aryl methyl sites for hydroxylation is 2. The average Bonchev–Trinajstić information content (AvgIpc) is 3.04. The fraction of sp³-hybridized carbons (Fsp3) is 0.409. The van der Waals surface area contributed by atoms with Crippen molar-refractivity contribution in [2.45, 2.75) is 33.2 Å². The van der Waals surface area contributed by atoms with Crippen molar-refractivity contribution in [3.05, 3.63) is 52.3 Å². The van der Waals surface area contributed by atoms with E-state index in [4.69, 9.17) is 16.3 Å². The number of benzene rings is 1. The zero-order valence-electron chi connectivity index (χ0n) is 17.4. The number of ether oxygens (including phenoxy) is 1. The molecule has 160 valence electrons. The number of anilines is 1. The Labute approximate surface area is 181 Å². The summed E-state index contributed by atoms with van der Waals surface area (Å²) in [5.74, 6) is -0.305. The summed E-state index contributed by atoms with van der Waals surface area (Å²) < 4.78 is 7.04. The van der Waals surface area contributed by atoms with Gasteiger partial charge in [0.05, 0.1) is 18.9 Å². The molecule has 0 spiro atoms. The Morgan fingerprint density at radius 3 is 2.60 bits per heavy atom. The number of amides is 2. The summed E-state index contributed by atoms with van der Waals surface area (Å²) >= 11 is 6.39. The van der Waals surface area contributed by atoms with E-state index >= 15 is 0 Å². The molecular formula is C22H27ClN4O3. The molecule has 0 bridgehead atoms. The van der Waals surface area contributed by atoms with Gasteiger partial charge in [0, 0.05) is 42.5 Å². The molecular weight excluding hydrogens is 404 g/mol. The van der Waals surface area contributed by atoms with Gasteiger partial charge in [0.1, 0.15) is 5.15 Å². The van der Waals surface area contributed by atoms with Crippen LogP contribution in [0.15, 0.2) is 30.3 Å². The van der Waals surface area contributed by atoms with E-state index in [1.54, 1.807) is 39.9 Å². The quantitative estimate of drug-likeness (QED) is 0.678. The summed E-state index contributed by atoms with van der Waals surface area (Å²) in [4.78, 5) is 26.5. The van der Waals surface area contributed by atoms with Crippen molar-refractivity contribution in [2.75, 3.05) is 31.6 Å². The van der Waals surface area contributed by atoms with Crippen LogP contribution in [0.5, 0.6) is 0 Å². The first-order valence-electron chi connectivity index (χ1n) is 10.2. The summed E-state index contributed by atoms with van der Waals surface area (Å²) in [5, 5.41) is 7.77. The predicted molar refractivity (Wildman–Crippen MR) is 118 cm³/mol. The van der Waals surface area contributed by atoms with Gasteiger partial charge in [0.2, 0.25) is 5.91 Å². The van der Waals surface area contributed by atoms with E-state index in [0.717, 1.165) is 30.6 Å². The van der Waals surface area contributed by atoms with Gasteiger partial charge in [-0.2, -0.15) is 5.10 Å². The van der Waals surface area contributed by atoms with E-state index in [1.165, 1.54) is 6.08 Å².